The van der Waals surface area contributed by atoms with Crippen LogP contribution < -0.4 is 0 Å². The van der Waals surface area contributed by atoms with Crippen molar-refractivity contribution in [3.8, 4) is 0 Å². The molecular weight excluding hydrogens is 400 g/mol. The normalized spacial score (nSPS) is 18.2. The summed E-state index contributed by atoms with van der Waals surface area (Å²) in [6.07, 6.45) is 0.303. The fraction of sp³-hybridized carbons (Fsp3) is 0.286. The number of hydrogen-bond donors (Lipinski definition) is 0. The molecule has 0 N–H and O–H groups in total. The van der Waals surface area contributed by atoms with Crippen molar-refractivity contribution < 1.29 is 26.4 Å². The lowest BCUT2D eigenvalue weighted by Crippen LogP contribution is -2.40. The second-order valence-corrected chi connectivity index (χ2v) is 9.55. The number of hydrogen-bond acceptors (Lipinski definition) is 4. The van der Waals surface area contributed by atoms with Crippen LogP contribution in [0.2, 0.25) is 0 Å². The van der Waals surface area contributed by atoms with Crippen LogP contribution in [0.4, 0.5) is 8.78 Å². The van der Waals surface area contributed by atoms with E-state index in [4.69, 9.17) is 4.42 Å². The molecule has 29 heavy (non-hydrogen) atoms. The molecule has 0 saturated carbocycles. The molecule has 1 amide bonds. The van der Waals surface area contributed by atoms with E-state index >= 15 is 0 Å². The number of fused-ring (bicyclic) bond motifs is 1. The van der Waals surface area contributed by atoms with Crippen molar-refractivity contribution in [1.29, 1.82) is 0 Å². The molecule has 152 valence electrons. The van der Waals surface area contributed by atoms with E-state index in [1.165, 1.54) is 41.3 Å². The van der Waals surface area contributed by atoms with Gasteiger partial charge in [0.25, 0.3) is 5.91 Å². The number of aryl methyl sites for hydroxylation is 1. The highest BCUT2D eigenvalue weighted by molar-refractivity contribution is 7.91. The summed E-state index contributed by atoms with van der Waals surface area (Å²) in [4.78, 5) is 14.8. The third-order valence-electron chi connectivity index (χ3n) is 5.24. The maximum Gasteiger partial charge on any atom is 0.290 e. The van der Waals surface area contributed by atoms with Crippen LogP contribution in [0.3, 0.4) is 0 Å². The Bertz CT molecular complexity index is 1200. The molecule has 0 aliphatic carbocycles. The van der Waals surface area contributed by atoms with Crippen LogP contribution in [0.5, 0.6) is 0 Å². The average molecular weight is 419 g/mol. The van der Waals surface area contributed by atoms with Gasteiger partial charge < -0.3 is 9.32 Å². The molecule has 4 rings (SSSR count). The molecular formula is C21H19F2NO4S. The highest BCUT2D eigenvalue weighted by Gasteiger charge is 2.36. The molecule has 1 atom stereocenters. The Kier molecular flexibility index (Phi) is 4.90. The molecule has 1 fully saturated rings. The Morgan fingerprint density at radius 2 is 1.93 bits per heavy atom. The summed E-state index contributed by atoms with van der Waals surface area (Å²) in [6, 6.07) is 9.26. The lowest BCUT2D eigenvalue weighted by Gasteiger charge is -2.28. The van der Waals surface area contributed by atoms with Crippen molar-refractivity contribution in [3.05, 3.63) is 71.0 Å². The van der Waals surface area contributed by atoms with Crippen LogP contribution in [0.15, 0.2) is 46.9 Å². The Labute approximate surface area is 166 Å². The van der Waals surface area contributed by atoms with Gasteiger partial charge in [0.05, 0.1) is 11.5 Å². The molecule has 0 spiro atoms. The number of carbonyl (C=O) groups excluding carboxylic acids is 1. The first kappa shape index (κ1) is 19.6. The predicted molar refractivity (Wildman–Crippen MR) is 104 cm³/mol. The van der Waals surface area contributed by atoms with Crippen LogP contribution in [0.25, 0.3) is 11.0 Å². The van der Waals surface area contributed by atoms with Crippen molar-refractivity contribution in [3.63, 3.8) is 0 Å². The zero-order valence-corrected chi connectivity index (χ0v) is 16.5. The molecule has 1 aliphatic heterocycles. The summed E-state index contributed by atoms with van der Waals surface area (Å²) < 4.78 is 56.9. The smallest absolute Gasteiger partial charge is 0.290 e. The van der Waals surface area contributed by atoms with E-state index in [9.17, 15) is 22.0 Å². The first-order valence-corrected chi connectivity index (χ1v) is 11.0. The minimum absolute atomic E-state index is 0.00504. The summed E-state index contributed by atoms with van der Waals surface area (Å²) >= 11 is 0. The van der Waals surface area contributed by atoms with Gasteiger partial charge in [-0.1, -0.05) is 12.1 Å². The fourth-order valence-electron chi connectivity index (χ4n) is 3.75. The van der Waals surface area contributed by atoms with Gasteiger partial charge in [-0.25, -0.2) is 17.2 Å². The number of sulfone groups is 1. The maximum atomic E-state index is 13.6. The molecule has 1 unspecified atom stereocenters. The van der Waals surface area contributed by atoms with Crippen LogP contribution in [0.1, 0.15) is 28.1 Å². The number of nitrogens with zero attached hydrogens (tertiary/aromatic N) is 1. The quantitative estimate of drug-likeness (QED) is 0.644. The van der Waals surface area contributed by atoms with Gasteiger partial charge in [0.15, 0.2) is 15.6 Å². The Morgan fingerprint density at radius 3 is 2.62 bits per heavy atom. The van der Waals surface area contributed by atoms with Crippen LogP contribution in [0, 0.1) is 18.6 Å². The van der Waals surface area contributed by atoms with Crippen molar-refractivity contribution in [2.75, 3.05) is 11.5 Å². The van der Waals surface area contributed by atoms with E-state index in [2.05, 4.69) is 0 Å². The molecule has 0 bridgehead atoms. The first-order valence-electron chi connectivity index (χ1n) is 9.18. The number of carbonyl (C=O) groups is 1. The minimum atomic E-state index is -3.25. The van der Waals surface area contributed by atoms with E-state index in [0.717, 1.165) is 0 Å². The number of rotatable bonds is 4. The zero-order valence-electron chi connectivity index (χ0n) is 15.7. The lowest BCUT2D eigenvalue weighted by atomic mass is 10.1. The number of amides is 1. The maximum absolute atomic E-state index is 13.6. The standard InChI is InChI=1S/C21H19F2NO4S/c1-13-18-10-16(23)5-6-19(18)28-20(13)21(25)24(17-7-8-29(26,27)12-17)11-14-3-2-4-15(22)9-14/h2-6,9-10,17H,7-8,11-12H2,1H3. The summed E-state index contributed by atoms with van der Waals surface area (Å²) in [5.41, 5.74) is 1.40. The van der Waals surface area contributed by atoms with Gasteiger partial charge >= 0.3 is 0 Å². The second-order valence-electron chi connectivity index (χ2n) is 7.32. The highest BCUT2D eigenvalue weighted by Crippen LogP contribution is 2.29. The van der Waals surface area contributed by atoms with Gasteiger partial charge in [-0.3, -0.25) is 4.79 Å². The van der Waals surface area contributed by atoms with Crippen LogP contribution in [-0.4, -0.2) is 36.8 Å². The van der Waals surface area contributed by atoms with Gasteiger partial charge in [-0.05, 0) is 49.2 Å². The van der Waals surface area contributed by atoms with E-state index in [1.54, 1.807) is 13.0 Å². The molecule has 2 aromatic carbocycles. The molecule has 1 aromatic heterocycles. The van der Waals surface area contributed by atoms with Gasteiger partial charge in [-0.2, -0.15) is 0 Å². The summed E-state index contributed by atoms with van der Waals surface area (Å²) in [7, 11) is -3.25. The monoisotopic (exact) mass is 419 g/mol. The SMILES string of the molecule is Cc1c(C(=O)N(Cc2cccc(F)c2)C2CCS(=O)(=O)C2)oc2ccc(F)cc12. The molecule has 1 saturated heterocycles. The van der Waals surface area contributed by atoms with Crippen molar-refractivity contribution in [1.82, 2.24) is 4.90 Å². The minimum Gasteiger partial charge on any atom is -0.451 e. The Balaban J connectivity index is 1.74. The third kappa shape index (κ3) is 3.89. The van der Waals surface area contributed by atoms with Gasteiger partial charge in [-0.15, -0.1) is 0 Å². The summed E-state index contributed by atoms with van der Waals surface area (Å²) in [5, 5.41) is 0.484. The van der Waals surface area contributed by atoms with Crippen LogP contribution >= 0.6 is 0 Å². The van der Waals surface area contributed by atoms with Gasteiger partial charge in [0.2, 0.25) is 0 Å². The zero-order chi connectivity index (χ0) is 20.8. The molecule has 1 aliphatic rings. The highest BCUT2D eigenvalue weighted by atomic mass is 32.2. The molecule has 0 radical (unpaired) electrons. The number of benzene rings is 2. The molecule has 8 heteroatoms. The predicted octanol–water partition coefficient (Wildman–Crippen LogP) is 3.85. The van der Waals surface area contributed by atoms with E-state index < -0.39 is 33.4 Å². The largest absolute Gasteiger partial charge is 0.451 e. The summed E-state index contributed by atoms with van der Waals surface area (Å²) in [5.74, 6) is -1.50. The van der Waals surface area contributed by atoms with Crippen molar-refractivity contribution in [2.45, 2.75) is 25.9 Å². The Morgan fingerprint density at radius 1 is 1.17 bits per heavy atom. The topological polar surface area (TPSA) is 67.6 Å². The van der Waals surface area contributed by atoms with E-state index in [1.807, 2.05) is 0 Å². The molecule has 5 nitrogen and oxygen atoms in total. The molecule has 2 heterocycles. The number of halogens is 2. The molecule has 3 aromatic rings. The van der Waals surface area contributed by atoms with E-state index in [-0.39, 0.29) is 23.8 Å². The average Bonchev–Trinajstić information content (AvgIpc) is 3.19. The van der Waals surface area contributed by atoms with E-state index in [0.29, 0.717) is 28.5 Å². The first-order chi connectivity index (χ1) is 13.7. The van der Waals surface area contributed by atoms with Crippen molar-refractivity contribution >= 4 is 26.7 Å². The fourth-order valence-corrected chi connectivity index (χ4v) is 5.48. The van der Waals surface area contributed by atoms with Gasteiger partial charge in [0, 0.05) is 23.5 Å². The Hall–Kier alpha value is -2.74. The summed E-state index contributed by atoms with van der Waals surface area (Å²) in [6.45, 7) is 1.70. The number of furan rings is 1. The third-order valence-corrected chi connectivity index (χ3v) is 6.99. The second kappa shape index (κ2) is 7.26. The van der Waals surface area contributed by atoms with Gasteiger partial charge in [0.1, 0.15) is 17.2 Å². The van der Waals surface area contributed by atoms with Crippen LogP contribution in [-0.2, 0) is 16.4 Å². The van der Waals surface area contributed by atoms with Crippen molar-refractivity contribution in [2.24, 2.45) is 0 Å². The lowest BCUT2D eigenvalue weighted by molar-refractivity contribution is 0.0649.